The number of nitrogens with zero attached hydrogens (tertiary/aromatic N) is 6. The lowest BCUT2D eigenvalue weighted by molar-refractivity contribution is -0.248. The van der Waals surface area contributed by atoms with Crippen LogP contribution in [0.15, 0.2) is 97.0 Å². The summed E-state index contributed by atoms with van der Waals surface area (Å²) in [6.45, 7) is 12.7. The number of unbranched alkanes of at least 4 members (excludes halogenated alkanes) is 2. The highest BCUT2D eigenvalue weighted by Crippen LogP contribution is 2.72. The number of para-hydroxylation sites is 1. The molecule has 6 aromatic rings. The number of thiazole rings is 1. The van der Waals surface area contributed by atoms with Crippen LogP contribution in [0.1, 0.15) is 128 Å². The van der Waals surface area contributed by atoms with Gasteiger partial charge in [0.25, 0.3) is 5.91 Å². The fraction of sp³-hybridized carbons (Fsp3) is 0.452. The second-order valence-electron chi connectivity index (χ2n) is 24.2. The molecule has 84 heavy (non-hydrogen) atoms. The molecule has 22 heteroatoms. The van der Waals surface area contributed by atoms with Crippen LogP contribution < -0.4 is 25.6 Å². The first-order valence-corrected chi connectivity index (χ1v) is 31.1. The number of ether oxygens (including phenoxy) is 2. The minimum Gasteiger partial charge on any atom is -0.476 e. The molecule has 5 aliphatic rings. The van der Waals surface area contributed by atoms with E-state index in [4.69, 9.17) is 19.6 Å². The summed E-state index contributed by atoms with van der Waals surface area (Å²) in [6, 6.07) is 24.2. The number of amides is 4. The van der Waals surface area contributed by atoms with E-state index in [1.54, 1.807) is 37.5 Å². The first kappa shape index (κ1) is 59.6. The molecular formula is C62H74N10O10S2. The van der Waals surface area contributed by atoms with Gasteiger partial charge in [-0.05, 0) is 140 Å². The largest absolute Gasteiger partial charge is 0.476 e. The van der Waals surface area contributed by atoms with Crippen molar-refractivity contribution in [2.24, 2.45) is 16.2 Å². The van der Waals surface area contributed by atoms with Crippen LogP contribution in [-0.4, -0.2) is 113 Å². The van der Waals surface area contributed by atoms with Crippen molar-refractivity contribution in [2.45, 2.75) is 123 Å². The van der Waals surface area contributed by atoms with Crippen LogP contribution in [-0.2, 0) is 55.2 Å². The third kappa shape index (κ3) is 13.8. The van der Waals surface area contributed by atoms with E-state index in [1.807, 2.05) is 71.1 Å². The zero-order chi connectivity index (χ0) is 59.4. The summed E-state index contributed by atoms with van der Waals surface area (Å²) in [5.41, 5.74) is 6.06. The normalized spacial score (nSPS) is 21.4. The van der Waals surface area contributed by atoms with Crippen LogP contribution in [0, 0.1) is 23.2 Å². The number of aromatic nitrogens is 4. The van der Waals surface area contributed by atoms with Crippen molar-refractivity contribution in [2.75, 3.05) is 55.4 Å². The van der Waals surface area contributed by atoms with Crippen LogP contribution in [0.5, 0.6) is 0 Å². The van der Waals surface area contributed by atoms with Crippen molar-refractivity contribution in [1.29, 1.82) is 0 Å². The Hall–Kier alpha value is -7.53. The van der Waals surface area contributed by atoms with Crippen LogP contribution in [0.2, 0.25) is 0 Å². The maximum atomic E-state index is 13.8. The molecule has 5 N–H and O–H groups in total. The van der Waals surface area contributed by atoms with Gasteiger partial charge in [0.1, 0.15) is 12.4 Å². The Bertz CT molecular complexity index is 3570. The molecule has 0 radical (unpaired) electrons. The molecule has 2 atom stereocenters. The summed E-state index contributed by atoms with van der Waals surface area (Å²) in [6.07, 6.45) is 9.91. The van der Waals surface area contributed by atoms with Gasteiger partial charge in [0.05, 0.1) is 28.6 Å². The van der Waals surface area contributed by atoms with Gasteiger partial charge in [-0.15, -0.1) is 0 Å². The Morgan fingerprint density at radius 1 is 0.857 bits per heavy atom. The highest BCUT2D eigenvalue weighted by Gasteiger charge is 2.66. The standard InChI is InChI=1S/C62H74N10O10S2/c1-6-84(79,80)65-25-11-7-8-20-52(73)63-26-23-53(74)66-44-16-12-14-42(30-44)33-81-58(78)70(5)28-29-82-62-37-59(3)34-60(4,38-62)36-61(35-59,39-62)40-72-41(2)47(31-64-72)45-21-22-51(68-54(45)56(76)77)71-27-24-43-15-13-17-46(48(43)32-71)55(75)69-57-67-49-18-9-10-19-50(49)83-57/h6,9-10,12-19,21-22,30-31,65H,1,7-8,11,20,23-29,32-40H2,2-5H3,(H,63,73)(H,66,74)(H,76,77)(H,67,69,75). The fourth-order valence-electron chi connectivity index (χ4n) is 14.4. The maximum absolute atomic E-state index is 13.8. The number of pyridine rings is 1. The number of carbonyl (C=O) groups is 5. The number of carboxylic acids is 1. The van der Waals surface area contributed by atoms with Gasteiger partial charge in [-0.3, -0.25) is 24.4 Å². The quantitative estimate of drug-likeness (QED) is 0.0335. The van der Waals surface area contributed by atoms with Gasteiger partial charge >= 0.3 is 12.1 Å². The first-order chi connectivity index (χ1) is 40.1. The predicted molar refractivity (Wildman–Crippen MR) is 322 cm³/mol. The van der Waals surface area contributed by atoms with Gasteiger partial charge < -0.3 is 35.0 Å². The molecule has 3 aromatic carbocycles. The molecule has 0 saturated heterocycles. The lowest BCUT2D eigenvalue weighted by Crippen LogP contribution is -2.64. The summed E-state index contributed by atoms with van der Waals surface area (Å²) in [4.78, 5) is 78.0. The van der Waals surface area contributed by atoms with Crippen molar-refractivity contribution < 1.29 is 47.0 Å². The molecule has 1 aliphatic heterocycles. The number of anilines is 3. The van der Waals surface area contributed by atoms with E-state index in [0.717, 1.165) is 71.0 Å². The molecule has 4 heterocycles. The number of rotatable bonds is 25. The molecule has 20 nitrogen and oxygen atoms in total. The minimum atomic E-state index is -3.46. The van der Waals surface area contributed by atoms with Crippen molar-refractivity contribution in [3.05, 3.63) is 131 Å². The molecule has 3 aromatic heterocycles. The maximum Gasteiger partial charge on any atom is 0.409 e. The van der Waals surface area contributed by atoms with Crippen molar-refractivity contribution in [3.63, 3.8) is 0 Å². The third-order valence-corrected chi connectivity index (χ3v) is 19.0. The van der Waals surface area contributed by atoms with Gasteiger partial charge in [-0.2, -0.15) is 5.10 Å². The summed E-state index contributed by atoms with van der Waals surface area (Å²) >= 11 is 1.42. The number of benzene rings is 3. The highest BCUT2D eigenvalue weighted by atomic mass is 32.2. The second-order valence-corrected chi connectivity index (χ2v) is 26.9. The van der Waals surface area contributed by atoms with Gasteiger partial charge in [0.2, 0.25) is 21.8 Å². The van der Waals surface area contributed by atoms with Gasteiger partial charge in [0.15, 0.2) is 10.8 Å². The lowest BCUT2D eigenvalue weighted by atomic mass is 9.39. The van der Waals surface area contributed by atoms with E-state index < -0.39 is 27.7 Å². The Morgan fingerprint density at radius 2 is 1.64 bits per heavy atom. The second kappa shape index (κ2) is 24.6. The zero-order valence-corrected chi connectivity index (χ0v) is 49.8. The Balaban J connectivity index is 0.714. The summed E-state index contributed by atoms with van der Waals surface area (Å²) in [5, 5.41) is 25.6. The molecule has 444 valence electrons. The average molecular weight is 1180 g/mol. The predicted octanol–water partition coefficient (Wildman–Crippen LogP) is 9.85. The van der Waals surface area contributed by atoms with Crippen molar-refractivity contribution in [3.8, 4) is 11.1 Å². The number of carbonyl (C=O) groups excluding carboxylic acids is 4. The summed E-state index contributed by atoms with van der Waals surface area (Å²) < 4.78 is 40.9. The molecule has 4 aliphatic carbocycles. The van der Waals surface area contributed by atoms with E-state index >= 15 is 0 Å². The number of fused-ring (bicyclic) bond motifs is 2. The SMILES string of the molecule is C=CS(=O)(=O)NCCCCCC(=O)NCCC(=O)Nc1cccc(COC(=O)N(C)CCOC23CC4(C)CC(C)(CC(Cn5ncc(-c6ccc(N7CCc8cccc(C(=O)Nc9nc%10ccccc%10s9)c8C7)nc6C(=O)O)c5C)(C4)C2)C3)c1. The molecule has 2 unspecified atom stereocenters. The van der Waals surface area contributed by atoms with Crippen molar-refractivity contribution >= 4 is 78.0 Å². The molecule has 11 rings (SSSR count). The number of nitrogens with one attached hydrogen (secondary N) is 4. The topological polar surface area (TPSA) is 256 Å². The van der Waals surface area contributed by atoms with E-state index in [0.29, 0.717) is 97.4 Å². The van der Waals surface area contributed by atoms with Crippen LogP contribution in [0.3, 0.4) is 0 Å². The van der Waals surface area contributed by atoms with Crippen molar-refractivity contribution in [1.82, 2.24) is 34.7 Å². The van der Waals surface area contributed by atoms with Gasteiger partial charge in [-0.1, -0.05) is 74.6 Å². The van der Waals surface area contributed by atoms with Crippen LogP contribution in [0.25, 0.3) is 21.3 Å². The van der Waals surface area contributed by atoms with Gasteiger partial charge in [0, 0.05) is 92.6 Å². The van der Waals surface area contributed by atoms with Crippen LogP contribution >= 0.6 is 11.3 Å². The number of carboxylic acid groups (broad SMARTS) is 1. The summed E-state index contributed by atoms with van der Waals surface area (Å²) in [5.74, 6) is -1.35. The van der Waals surface area contributed by atoms with E-state index in [2.05, 4.69) is 46.1 Å². The average Bonchev–Trinajstić information content (AvgIpc) is 3.86. The molecular weight excluding hydrogens is 1110 g/mol. The molecule has 4 saturated carbocycles. The smallest absolute Gasteiger partial charge is 0.409 e. The summed E-state index contributed by atoms with van der Waals surface area (Å²) in [7, 11) is -1.77. The van der Waals surface area contributed by atoms with E-state index in [1.165, 1.54) is 16.2 Å². The monoisotopic (exact) mass is 1180 g/mol. The zero-order valence-electron chi connectivity index (χ0n) is 48.1. The van der Waals surface area contributed by atoms with E-state index in [9.17, 15) is 37.5 Å². The Labute approximate surface area is 493 Å². The number of aromatic carboxylic acids is 1. The number of sulfonamides is 1. The fourth-order valence-corrected chi connectivity index (χ4v) is 15.8. The molecule has 4 bridgehead atoms. The van der Waals surface area contributed by atoms with Gasteiger partial charge in [-0.25, -0.2) is 32.7 Å². The molecule has 0 spiro atoms. The Morgan fingerprint density at radius 3 is 2.42 bits per heavy atom. The first-order valence-electron chi connectivity index (χ1n) is 28.7. The minimum absolute atomic E-state index is 0.00773. The third-order valence-electron chi connectivity index (χ3n) is 17.0. The van der Waals surface area contributed by atoms with E-state index in [-0.39, 0.29) is 72.2 Å². The number of hydrogen-bond donors (Lipinski definition) is 5. The molecule has 4 fully saturated rings. The van der Waals surface area contributed by atoms with Crippen LogP contribution in [0.4, 0.5) is 21.4 Å². The Kier molecular flexibility index (Phi) is 17.5. The highest BCUT2D eigenvalue weighted by molar-refractivity contribution is 7.92. The number of hydrogen-bond acceptors (Lipinski definition) is 14. The number of likely N-dealkylation sites (N-methyl/N-ethyl adjacent to an activating group) is 1. The lowest BCUT2D eigenvalue weighted by Gasteiger charge is -2.69. The molecule has 4 amide bonds.